The van der Waals surface area contributed by atoms with Gasteiger partial charge in [-0.1, -0.05) is 107 Å². The van der Waals surface area contributed by atoms with Crippen LogP contribution in [0.1, 0.15) is 104 Å². The van der Waals surface area contributed by atoms with Crippen LogP contribution >= 0.6 is 0 Å². The van der Waals surface area contributed by atoms with Gasteiger partial charge in [-0.25, -0.2) is 9.59 Å². The van der Waals surface area contributed by atoms with Gasteiger partial charge in [0.1, 0.15) is 17.7 Å². The van der Waals surface area contributed by atoms with E-state index in [0.717, 1.165) is 32.1 Å². The number of rotatable bonds is 18. The van der Waals surface area contributed by atoms with Gasteiger partial charge in [0.25, 0.3) is 5.91 Å². The van der Waals surface area contributed by atoms with Crippen LogP contribution in [0.15, 0.2) is 60.7 Å². The minimum absolute atomic E-state index is 0.0518. The number of ketones is 1. The number of esters is 1. The van der Waals surface area contributed by atoms with Gasteiger partial charge in [0.05, 0.1) is 19.7 Å². The van der Waals surface area contributed by atoms with Crippen molar-refractivity contribution in [3.05, 3.63) is 71.8 Å². The van der Waals surface area contributed by atoms with E-state index in [4.69, 9.17) is 9.47 Å². The van der Waals surface area contributed by atoms with Crippen molar-refractivity contribution in [1.82, 2.24) is 26.6 Å². The van der Waals surface area contributed by atoms with Crippen LogP contribution in [0.2, 0.25) is 0 Å². The highest BCUT2D eigenvalue weighted by Crippen LogP contribution is 2.31. The second kappa shape index (κ2) is 21.1. The van der Waals surface area contributed by atoms with Crippen LogP contribution in [-0.4, -0.2) is 78.9 Å². The van der Waals surface area contributed by atoms with E-state index in [0.29, 0.717) is 17.5 Å². The van der Waals surface area contributed by atoms with Gasteiger partial charge in [-0.15, -0.1) is 0 Å². The molecular weight excluding hydrogens is 718 g/mol. The van der Waals surface area contributed by atoms with Crippen LogP contribution in [0.5, 0.6) is 0 Å². The van der Waals surface area contributed by atoms with Crippen LogP contribution < -0.4 is 26.6 Å². The van der Waals surface area contributed by atoms with Crippen LogP contribution in [0.4, 0.5) is 4.79 Å². The third kappa shape index (κ3) is 12.9. The Balaban J connectivity index is 1.75. The molecule has 0 aliphatic heterocycles. The van der Waals surface area contributed by atoms with E-state index in [1.807, 2.05) is 13.8 Å². The predicted molar refractivity (Wildman–Crippen MR) is 210 cm³/mol. The molecule has 14 nitrogen and oxygen atoms in total. The predicted octanol–water partition coefficient (Wildman–Crippen LogP) is 4.19. The van der Waals surface area contributed by atoms with E-state index < -0.39 is 77.3 Å². The highest BCUT2D eigenvalue weighted by Gasteiger charge is 2.45. The van der Waals surface area contributed by atoms with Gasteiger partial charge in [0.15, 0.2) is 5.54 Å². The maximum Gasteiger partial charge on any atom is 0.408 e. The first-order chi connectivity index (χ1) is 26.5. The summed E-state index contributed by atoms with van der Waals surface area (Å²) in [6.45, 7) is 10.0. The first-order valence-corrected chi connectivity index (χ1v) is 19.4. The minimum Gasteiger partial charge on any atom is -0.467 e. The monoisotopic (exact) mass is 777 g/mol. The van der Waals surface area contributed by atoms with Crippen LogP contribution in [0.25, 0.3) is 0 Å². The summed E-state index contributed by atoms with van der Waals surface area (Å²) >= 11 is 0. The molecule has 14 heteroatoms. The molecule has 3 unspecified atom stereocenters. The number of hydrogen-bond donors (Lipinski definition) is 5. The number of alkyl carbamates (subject to hydrolysis) is 1. The summed E-state index contributed by atoms with van der Waals surface area (Å²) < 4.78 is 10.6. The number of carbonyl (C=O) groups is 7. The molecule has 2 aromatic rings. The Morgan fingerprint density at radius 3 is 1.82 bits per heavy atom. The maximum absolute atomic E-state index is 13.8. The second-order valence-corrected chi connectivity index (χ2v) is 15.6. The van der Waals surface area contributed by atoms with Gasteiger partial charge < -0.3 is 36.1 Å². The molecule has 0 spiro atoms. The van der Waals surface area contributed by atoms with Gasteiger partial charge in [-0.05, 0) is 69.4 Å². The number of hydrogen-bond acceptors (Lipinski definition) is 9. The largest absolute Gasteiger partial charge is 0.467 e. The summed E-state index contributed by atoms with van der Waals surface area (Å²) in [6.07, 6.45) is 4.26. The molecule has 0 bridgehead atoms. The van der Waals surface area contributed by atoms with E-state index in [2.05, 4.69) is 26.6 Å². The zero-order valence-corrected chi connectivity index (χ0v) is 33.7. The number of Topliss-reactive ketones (excluding diaryl/α,β-unsaturated/α-hetero) is 1. The Morgan fingerprint density at radius 1 is 0.768 bits per heavy atom. The molecule has 0 aromatic heterocycles. The van der Waals surface area contributed by atoms with Gasteiger partial charge in [-0.2, -0.15) is 0 Å². The highest BCUT2D eigenvalue weighted by atomic mass is 16.6. The molecule has 5 N–H and O–H groups in total. The fourth-order valence-electron chi connectivity index (χ4n) is 6.88. The Labute approximate surface area is 330 Å². The summed E-state index contributed by atoms with van der Waals surface area (Å²) in [4.78, 5) is 94.0. The zero-order chi connectivity index (χ0) is 41.5. The fraction of sp³-hybridized carbons (Fsp3) is 0.548. The number of methoxy groups -OCH3 is 1. The third-order valence-electron chi connectivity index (χ3n) is 9.49. The molecule has 5 amide bonds. The van der Waals surface area contributed by atoms with Gasteiger partial charge in [0.2, 0.25) is 23.5 Å². The standard InChI is InChI=1S/C42H59N5O9/c1-8-18-31(44-36(50)32(25-27(2)3)45-37(51)34(28-19-12-9-13-20-28)46-40(54)56-41(4,5)6)35(49)38(52)43-26-33(48)47-42(39(53)55-7,29-21-14-10-15-22-29)30-23-16-11-17-24-30/h10-11,14-17,21-24,27-28,31-32,34H,8-9,12-13,18-20,25-26H2,1-7H3,(H,43,52)(H,44,50)(H,45,51)(H,46,54)(H,47,48). The van der Waals surface area contributed by atoms with E-state index in [1.54, 1.807) is 88.4 Å². The van der Waals surface area contributed by atoms with E-state index in [9.17, 15) is 33.6 Å². The lowest BCUT2D eigenvalue weighted by Gasteiger charge is -2.33. The minimum atomic E-state index is -1.77. The first kappa shape index (κ1) is 45.1. The lowest BCUT2D eigenvalue weighted by Crippen LogP contribution is -2.59. The van der Waals surface area contributed by atoms with Crippen molar-refractivity contribution in [2.75, 3.05) is 13.7 Å². The average Bonchev–Trinajstić information content (AvgIpc) is 3.17. The first-order valence-electron chi connectivity index (χ1n) is 19.4. The maximum atomic E-state index is 13.8. The third-order valence-corrected chi connectivity index (χ3v) is 9.49. The Bertz CT molecular complexity index is 1610. The van der Waals surface area contributed by atoms with E-state index in [1.165, 1.54) is 7.11 Å². The normalized spacial score (nSPS) is 15.0. The Hall–Kier alpha value is -5.27. The summed E-state index contributed by atoms with van der Waals surface area (Å²) in [7, 11) is 1.20. The number of carbonyl (C=O) groups excluding carboxylic acids is 7. The molecule has 56 heavy (non-hydrogen) atoms. The van der Waals surface area contributed by atoms with Gasteiger partial charge in [0, 0.05) is 0 Å². The molecular formula is C42H59N5O9. The zero-order valence-electron chi connectivity index (χ0n) is 33.7. The molecule has 1 aliphatic carbocycles. The smallest absolute Gasteiger partial charge is 0.408 e. The molecule has 306 valence electrons. The van der Waals surface area contributed by atoms with E-state index in [-0.39, 0.29) is 24.7 Å². The van der Waals surface area contributed by atoms with Crippen molar-refractivity contribution in [1.29, 1.82) is 0 Å². The fourth-order valence-corrected chi connectivity index (χ4v) is 6.88. The molecule has 3 atom stereocenters. The van der Waals surface area contributed by atoms with Gasteiger partial charge in [-0.3, -0.25) is 24.0 Å². The second-order valence-electron chi connectivity index (χ2n) is 15.6. The van der Waals surface area contributed by atoms with Crippen molar-refractivity contribution in [2.24, 2.45) is 11.8 Å². The quantitative estimate of drug-likeness (QED) is 0.109. The SMILES string of the molecule is CCCC(NC(=O)C(CC(C)C)NC(=O)C(NC(=O)OC(C)(C)C)C1CCCCC1)C(=O)C(=O)NCC(=O)NC(C(=O)OC)(c1ccccc1)c1ccccc1. The van der Waals surface area contributed by atoms with Crippen LogP contribution in [0.3, 0.4) is 0 Å². The molecule has 1 aliphatic rings. The lowest BCUT2D eigenvalue weighted by molar-refractivity contribution is -0.149. The summed E-state index contributed by atoms with van der Waals surface area (Å²) in [5.41, 5.74) is -1.73. The molecule has 0 radical (unpaired) electrons. The number of amides is 5. The molecule has 0 saturated heterocycles. The van der Waals surface area contributed by atoms with Crippen LogP contribution in [-0.2, 0) is 43.8 Å². The number of ether oxygens (including phenoxy) is 2. The van der Waals surface area contributed by atoms with Crippen molar-refractivity contribution in [2.45, 2.75) is 122 Å². The van der Waals surface area contributed by atoms with E-state index >= 15 is 0 Å². The summed E-state index contributed by atoms with van der Waals surface area (Å²) in [5, 5.41) is 13.2. The average molecular weight is 778 g/mol. The lowest BCUT2D eigenvalue weighted by atomic mass is 9.82. The molecule has 0 heterocycles. The molecule has 2 aromatic carbocycles. The molecule has 3 rings (SSSR count). The number of benzene rings is 2. The van der Waals surface area contributed by atoms with Crippen molar-refractivity contribution in [3.63, 3.8) is 0 Å². The topological polar surface area (TPSA) is 198 Å². The Morgan fingerprint density at radius 2 is 1.32 bits per heavy atom. The molecule has 1 saturated carbocycles. The molecule has 1 fully saturated rings. The highest BCUT2D eigenvalue weighted by molar-refractivity contribution is 6.38. The van der Waals surface area contributed by atoms with Crippen molar-refractivity contribution < 1.29 is 43.0 Å². The van der Waals surface area contributed by atoms with Crippen molar-refractivity contribution in [3.8, 4) is 0 Å². The summed E-state index contributed by atoms with van der Waals surface area (Å²) in [6, 6.07) is 13.7. The Kier molecular flexibility index (Phi) is 17.0. The van der Waals surface area contributed by atoms with Crippen molar-refractivity contribution >= 4 is 41.5 Å². The van der Waals surface area contributed by atoms with Crippen LogP contribution in [0, 0.1) is 11.8 Å². The van der Waals surface area contributed by atoms with Gasteiger partial charge >= 0.3 is 12.1 Å². The number of nitrogens with one attached hydrogen (secondary N) is 5. The summed E-state index contributed by atoms with van der Waals surface area (Å²) in [5.74, 6) is -5.09.